The second kappa shape index (κ2) is 5.64. The number of nitrogens with one attached hydrogen (secondary N) is 1. The van der Waals surface area contributed by atoms with Crippen LogP contribution in [0.2, 0.25) is 0 Å². The van der Waals surface area contributed by atoms with E-state index in [2.05, 4.69) is 20.1 Å². The Bertz CT molecular complexity index is 1140. The fourth-order valence-electron chi connectivity index (χ4n) is 3.59. The van der Waals surface area contributed by atoms with E-state index in [1.807, 2.05) is 45.3 Å². The molecule has 1 saturated carbocycles. The first-order valence-corrected chi connectivity index (χ1v) is 9.16. The van der Waals surface area contributed by atoms with Crippen molar-refractivity contribution in [3.05, 3.63) is 47.2 Å². The van der Waals surface area contributed by atoms with Crippen molar-refractivity contribution in [3.8, 4) is 22.6 Å². The standard InChI is InChI=1S/C20H21N7/c1-10-11(2)25-19(24-10)16-7-6-14(8-22-16)15-9-23-27-18(21)17(13-4-5-13)12(3)26-20(15)27/h6-9,13H,4-5,21H2,1-3H3,(H,24,25). The molecule has 3 N–H and O–H groups in total. The fourth-order valence-corrected chi connectivity index (χ4v) is 3.59. The first-order chi connectivity index (χ1) is 13.0. The molecular weight excluding hydrogens is 338 g/mol. The van der Waals surface area contributed by atoms with Gasteiger partial charge in [-0.3, -0.25) is 4.98 Å². The van der Waals surface area contributed by atoms with E-state index in [0.717, 1.165) is 50.9 Å². The van der Waals surface area contributed by atoms with Gasteiger partial charge in [0.1, 0.15) is 11.5 Å². The second-order valence-electron chi connectivity index (χ2n) is 7.29. The summed E-state index contributed by atoms with van der Waals surface area (Å²) in [5.41, 5.74) is 14.1. The van der Waals surface area contributed by atoms with E-state index in [4.69, 9.17) is 10.7 Å². The number of rotatable bonds is 3. The molecule has 7 heteroatoms. The van der Waals surface area contributed by atoms with Gasteiger partial charge in [-0.25, -0.2) is 9.97 Å². The smallest absolute Gasteiger partial charge is 0.165 e. The van der Waals surface area contributed by atoms with Crippen molar-refractivity contribution in [3.63, 3.8) is 0 Å². The molecule has 0 spiro atoms. The summed E-state index contributed by atoms with van der Waals surface area (Å²) < 4.78 is 1.75. The van der Waals surface area contributed by atoms with Crippen LogP contribution in [0.1, 0.15) is 41.4 Å². The predicted molar refractivity (Wildman–Crippen MR) is 104 cm³/mol. The molecule has 0 aromatic carbocycles. The van der Waals surface area contributed by atoms with Gasteiger partial charge >= 0.3 is 0 Å². The number of nitrogens with two attached hydrogens (primary N) is 1. The number of nitrogens with zero attached hydrogens (tertiary/aromatic N) is 5. The predicted octanol–water partition coefficient (Wildman–Crippen LogP) is 3.57. The summed E-state index contributed by atoms with van der Waals surface area (Å²) >= 11 is 0. The lowest BCUT2D eigenvalue weighted by Gasteiger charge is -2.10. The summed E-state index contributed by atoms with van der Waals surface area (Å²) in [5, 5.41) is 4.48. The Morgan fingerprint density at radius 1 is 1.07 bits per heavy atom. The van der Waals surface area contributed by atoms with Crippen molar-refractivity contribution in [1.29, 1.82) is 0 Å². The highest BCUT2D eigenvalue weighted by Gasteiger charge is 2.30. The van der Waals surface area contributed by atoms with Crippen molar-refractivity contribution >= 4 is 11.5 Å². The molecule has 5 rings (SSSR count). The van der Waals surface area contributed by atoms with Crippen molar-refractivity contribution in [2.24, 2.45) is 0 Å². The molecule has 0 radical (unpaired) electrons. The highest BCUT2D eigenvalue weighted by atomic mass is 15.3. The quantitative estimate of drug-likeness (QED) is 0.583. The minimum atomic E-state index is 0.538. The number of fused-ring (bicyclic) bond motifs is 1. The molecule has 1 aliphatic rings. The Labute approximate surface area is 156 Å². The Morgan fingerprint density at radius 3 is 2.52 bits per heavy atom. The van der Waals surface area contributed by atoms with Gasteiger partial charge in [0.05, 0.1) is 11.9 Å². The topological polar surface area (TPSA) is 97.8 Å². The SMILES string of the molecule is Cc1nc(-c2ccc(-c3cnn4c(N)c(C5CC5)c(C)nc34)cn2)[nH]c1C. The van der Waals surface area contributed by atoms with Crippen LogP contribution >= 0.6 is 0 Å². The molecule has 136 valence electrons. The van der Waals surface area contributed by atoms with Gasteiger partial charge in [-0.2, -0.15) is 9.61 Å². The zero-order valence-electron chi connectivity index (χ0n) is 15.6. The Morgan fingerprint density at radius 2 is 1.89 bits per heavy atom. The molecule has 0 amide bonds. The van der Waals surface area contributed by atoms with Gasteiger partial charge in [0.2, 0.25) is 0 Å². The Hall–Kier alpha value is -3.22. The molecule has 0 saturated heterocycles. The van der Waals surface area contributed by atoms with Crippen LogP contribution in [0.3, 0.4) is 0 Å². The lowest BCUT2D eigenvalue weighted by molar-refractivity contribution is 0.905. The van der Waals surface area contributed by atoms with E-state index in [0.29, 0.717) is 11.7 Å². The Kier molecular flexibility index (Phi) is 3.34. The second-order valence-corrected chi connectivity index (χ2v) is 7.29. The van der Waals surface area contributed by atoms with E-state index in [1.54, 1.807) is 4.52 Å². The highest BCUT2D eigenvalue weighted by Crippen LogP contribution is 2.44. The molecular formula is C20H21N7. The molecule has 0 aliphatic heterocycles. The minimum absolute atomic E-state index is 0.538. The van der Waals surface area contributed by atoms with Crippen LogP contribution in [0, 0.1) is 20.8 Å². The minimum Gasteiger partial charge on any atom is -0.383 e. The van der Waals surface area contributed by atoms with Crippen LogP contribution in [0.5, 0.6) is 0 Å². The normalized spacial score (nSPS) is 14.2. The molecule has 1 aliphatic carbocycles. The molecule has 0 atom stereocenters. The first kappa shape index (κ1) is 16.0. The molecule has 4 heterocycles. The number of hydrogen-bond donors (Lipinski definition) is 2. The zero-order chi connectivity index (χ0) is 18.7. The maximum atomic E-state index is 6.40. The average Bonchev–Trinajstić information content (AvgIpc) is 3.30. The summed E-state index contributed by atoms with van der Waals surface area (Å²) in [6.45, 7) is 6.02. The van der Waals surface area contributed by atoms with Crippen molar-refractivity contribution < 1.29 is 0 Å². The van der Waals surface area contributed by atoms with Gasteiger partial charge in [-0.15, -0.1) is 0 Å². The first-order valence-electron chi connectivity index (χ1n) is 9.16. The summed E-state index contributed by atoms with van der Waals surface area (Å²) in [6, 6.07) is 3.99. The summed E-state index contributed by atoms with van der Waals surface area (Å²) in [5.74, 6) is 2.02. The number of anilines is 1. The molecule has 4 aromatic rings. The lowest BCUT2D eigenvalue weighted by Crippen LogP contribution is -2.07. The monoisotopic (exact) mass is 359 g/mol. The van der Waals surface area contributed by atoms with Gasteiger partial charge < -0.3 is 10.7 Å². The largest absolute Gasteiger partial charge is 0.383 e. The maximum Gasteiger partial charge on any atom is 0.165 e. The molecule has 7 nitrogen and oxygen atoms in total. The maximum absolute atomic E-state index is 6.40. The van der Waals surface area contributed by atoms with E-state index < -0.39 is 0 Å². The number of imidazole rings is 1. The van der Waals surface area contributed by atoms with Gasteiger partial charge in [0.25, 0.3) is 0 Å². The Balaban J connectivity index is 1.57. The molecule has 0 bridgehead atoms. The third-order valence-electron chi connectivity index (χ3n) is 5.34. The average molecular weight is 359 g/mol. The van der Waals surface area contributed by atoms with Crippen LogP contribution in [0.4, 0.5) is 5.82 Å². The number of aromatic amines is 1. The molecule has 0 unspecified atom stereocenters. The van der Waals surface area contributed by atoms with Crippen LogP contribution in [0.15, 0.2) is 24.5 Å². The van der Waals surface area contributed by atoms with Gasteiger partial charge in [-0.05, 0) is 45.6 Å². The molecule has 4 aromatic heterocycles. The number of aryl methyl sites for hydroxylation is 3. The van der Waals surface area contributed by atoms with Gasteiger partial charge in [0, 0.05) is 34.3 Å². The molecule has 27 heavy (non-hydrogen) atoms. The van der Waals surface area contributed by atoms with Gasteiger partial charge in [0.15, 0.2) is 11.5 Å². The lowest BCUT2D eigenvalue weighted by atomic mass is 10.1. The number of aromatic nitrogens is 6. The van der Waals surface area contributed by atoms with Gasteiger partial charge in [-0.1, -0.05) is 6.07 Å². The fraction of sp³-hybridized carbons (Fsp3) is 0.300. The van der Waals surface area contributed by atoms with E-state index in [9.17, 15) is 0 Å². The summed E-state index contributed by atoms with van der Waals surface area (Å²) in [6.07, 6.45) is 6.02. The van der Waals surface area contributed by atoms with Crippen molar-refractivity contribution in [2.45, 2.75) is 39.5 Å². The van der Waals surface area contributed by atoms with E-state index >= 15 is 0 Å². The van der Waals surface area contributed by atoms with Crippen LogP contribution in [-0.4, -0.2) is 29.5 Å². The highest BCUT2D eigenvalue weighted by molar-refractivity contribution is 5.78. The zero-order valence-corrected chi connectivity index (χ0v) is 15.6. The summed E-state index contributed by atoms with van der Waals surface area (Å²) in [4.78, 5) is 17.2. The van der Waals surface area contributed by atoms with Crippen LogP contribution < -0.4 is 5.73 Å². The number of pyridine rings is 1. The molecule has 1 fully saturated rings. The van der Waals surface area contributed by atoms with E-state index in [1.165, 1.54) is 12.8 Å². The summed E-state index contributed by atoms with van der Waals surface area (Å²) in [7, 11) is 0. The van der Waals surface area contributed by atoms with Crippen molar-refractivity contribution in [2.75, 3.05) is 5.73 Å². The third-order valence-corrected chi connectivity index (χ3v) is 5.34. The van der Waals surface area contributed by atoms with E-state index in [-0.39, 0.29) is 0 Å². The van der Waals surface area contributed by atoms with Crippen LogP contribution in [0.25, 0.3) is 28.3 Å². The third kappa shape index (κ3) is 2.50. The number of hydrogen-bond acceptors (Lipinski definition) is 5. The number of nitrogen functional groups attached to an aromatic ring is 1. The number of H-pyrrole nitrogens is 1. The van der Waals surface area contributed by atoms with Crippen molar-refractivity contribution in [1.82, 2.24) is 29.5 Å². The van der Waals surface area contributed by atoms with Crippen LogP contribution in [-0.2, 0) is 0 Å².